The number of aromatic carboxylic acids is 1. The Morgan fingerprint density at radius 1 is 1.45 bits per heavy atom. The number of halogens is 2. The maximum Gasteiger partial charge on any atom is 0.336 e. The quantitative estimate of drug-likeness (QED) is 0.847. The summed E-state index contributed by atoms with van der Waals surface area (Å²) in [5.74, 6) is -0.503. The van der Waals surface area contributed by atoms with Gasteiger partial charge in [0, 0.05) is 11.5 Å². The van der Waals surface area contributed by atoms with Crippen LogP contribution in [0.15, 0.2) is 27.1 Å². The number of benzene rings is 1. The lowest BCUT2D eigenvalue weighted by Gasteiger charge is -2.08. The molecule has 0 aliphatic heterocycles. The fourth-order valence-corrected chi connectivity index (χ4v) is 2.61. The van der Waals surface area contributed by atoms with Crippen LogP contribution in [0.5, 0.6) is 5.75 Å². The Kier molecular flexibility index (Phi) is 4.49. The van der Waals surface area contributed by atoms with Gasteiger partial charge in [-0.05, 0) is 57.0 Å². The summed E-state index contributed by atoms with van der Waals surface area (Å²) in [6, 6.07) is 4.86. The SMILES string of the molecule is Cc1nn(C)c(COc2ccc(Br)c(C(=O)O)c2)c1Br. The fourth-order valence-electron chi connectivity index (χ4n) is 1.75. The molecule has 0 spiro atoms. The lowest BCUT2D eigenvalue weighted by Crippen LogP contribution is -2.05. The van der Waals surface area contributed by atoms with E-state index in [2.05, 4.69) is 37.0 Å². The molecule has 1 aromatic heterocycles. The summed E-state index contributed by atoms with van der Waals surface area (Å²) in [5, 5.41) is 13.3. The second kappa shape index (κ2) is 5.97. The molecule has 2 aromatic rings. The standard InChI is InChI=1S/C13H12Br2N2O3/c1-7-12(15)11(17(2)16-7)6-20-8-3-4-10(14)9(5-8)13(18)19/h3-5H,6H2,1-2H3,(H,18,19). The Balaban J connectivity index is 2.19. The summed E-state index contributed by atoms with van der Waals surface area (Å²) in [6.45, 7) is 2.20. The van der Waals surface area contributed by atoms with E-state index in [9.17, 15) is 4.79 Å². The molecule has 1 heterocycles. The van der Waals surface area contributed by atoms with Crippen molar-refractivity contribution in [1.82, 2.24) is 9.78 Å². The van der Waals surface area contributed by atoms with E-state index in [1.807, 2.05) is 14.0 Å². The third-order valence-electron chi connectivity index (χ3n) is 2.81. The molecule has 0 bridgehead atoms. The average Bonchev–Trinajstić information content (AvgIpc) is 2.62. The molecule has 0 fully saturated rings. The minimum Gasteiger partial charge on any atom is -0.487 e. The molecular formula is C13H12Br2N2O3. The van der Waals surface area contributed by atoms with Crippen LogP contribution in [0.2, 0.25) is 0 Å². The van der Waals surface area contributed by atoms with Crippen LogP contribution in [-0.4, -0.2) is 20.9 Å². The van der Waals surface area contributed by atoms with Crippen molar-refractivity contribution in [3.8, 4) is 5.75 Å². The molecular weight excluding hydrogens is 392 g/mol. The maximum atomic E-state index is 11.1. The van der Waals surface area contributed by atoms with Crippen molar-refractivity contribution >= 4 is 37.8 Å². The highest BCUT2D eigenvalue weighted by atomic mass is 79.9. The first-order chi connectivity index (χ1) is 9.40. The van der Waals surface area contributed by atoms with Crippen LogP contribution in [0.25, 0.3) is 0 Å². The summed E-state index contributed by atoms with van der Waals surface area (Å²) >= 11 is 6.65. The van der Waals surface area contributed by atoms with Crippen LogP contribution in [0.4, 0.5) is 0 Å². The van der Waals surface area contributed by atoms with Gasteiger partial charge in [0.05, 0.1) is 21.4 Å². The molecule has 106 valence electrons. The van der Waals surface area contributed by atoms with Crippen molar-refractivity contribution < 1.29 is 14.6 Å². The highest BCUT2D eigenvalue weighted by Crippen LogP contribution is 2.25. The molecule has 0 saturated heterocycles. The zero-order chi connectivity index (χ0) is 14.9. The summed E-state index contributed by atoms with van der Waals surface area (Å²) in [4.78, 5) is 11.1. The van der Waals surface area contributed by atoms with Crippen LogP contribution in [-0.2, 0) is 13.7 Å². The van der Waals surface area contributed by atoms with Crippen molar-refractivity contribution in [2.24, 2.45) is 7.05 Å². The molecule has 5 nitrogen and oxygen atoms in total. The number of ether oxygens (including phenoxy) is 1. The summed E-state index contributed by atoms with van der Waals surface area (Å²) < 4.78 is 8.79. The van der Waals surface area contributed by atoms with Crippen LogP contribution >= 0.6 is 31.9 Å². The Morgan fingerprint density at radius 3 is 2.70 bits per heavy atom. The minimum absolute atomic E-state index is 0.169. The summed E-state index contributed by atoms with van der Waals surface area (Å²) in [5.41, 5.74) is 1.94. The van der Waals surface area contributed by atoms with Gasteiger partial charge in [-0.25, -0.2) is 4.79 Å². The van der Waals surface area contributed by atoms with E-state index in [-0.39, 0.29) is 5.56 Å². The predicted molar refractivity (Wildman–Crippen MR) is 81.1 cm³/mol. The first-order valence-corrected chi connectivity index (χ1v) is 7.32. The molecule has 0 aliphatic rings. The molecule has 0 saturated carbocycles. The first-order valence-electron chi connectivity index (χ1n) is 5.73. The number of hydrogen-bond donors (Lipinski definition) is 1. The Morgan fingerprint density at radius 2 is 2.15 bits per heavy atom. The minimum atomic E-state index is -1.00. The molecule has 1 N–H and O–H groups in total. The molecule has 2 rings (SSSR count). The van der Waals surface area contributed by atoms with Crippen molar-refractivity contribution in [2.75, 3.05) is 0 Å². The van der Waals surface area contributed by atoms with Gasteiger partial charge < -0.3 is 9.84 Å². The Labute approximate surface area is 132 Å². The highest BCUT2D eigenvalue weighted by molar-refractivity contribution is 9.10. The number of nitrogens with zero attached hydrogens (tertiary/aromatic N) is 2. The lowest BCUT2D eigenvalue weighted by molar-refractivity contribution is 0.0695. The van der Waals surface area contributed by atoms with Crippen LogP contribution < -0.4 is 4.74 Å². The van der Waals surface area contributed by atoms with Gasteiger partial charge in [0.1, 0.15) is 12.4 Å². The second-order valence-corrected chi connectivity index (χ2v) is 5.85. The highest BCUT2D eigenvalue weighted by Gasteiger charge is 2.13. The van der Waals surface area contributed by atoms with Crippen molar-refractivity contribution in [3.63, 3.8) is 0 Å². The van der Waals surface area contributed by atoms with Crippen molar-refractivity contribution in [2.45, 2.75) is 13.5 Å². The number of hydrogen-bond acceptors (Lipinski definition) is 3. The van der Waals surface area contributed by atoms with Gasteiger partial charge in [-0.3, -0.25) is 4.68 Å². The summed E-state index contributed by atoms with van der Waals surface area (Å²) in [7, 11) is 1.83. The number of aromatic nitrogens is 2. The zero-order valence-electron chi connectivity index (χ0n) is 10.9. The van der Waals surface area contributed by atoms with Gasteiger partial charge >= 0.3 is 5.97 Å². The molecule has 0 atom stereocenters. The Hall–Kier alpha value is -1.34. The van der Waals surface area contributed by atoms with Crippen LogP contribution in [0.1, 0.15) is 21.7 Å². The summed E-state index contributed by atoms with van der Waals surface area (Å²) in [6.07, 6.45) is 0. The number of rotatable bonds is 4. The van der Waals surface area contributed by atoms with Gasteiger partial charge in [-0.1, -0.05) is 0 Å². The molecule has 0 unspecified atom stereocenters. The molecule has 0 radical (unpaired) electrons. The van der Waals surface area contributed by atoms with Gasteiger partial charge in [0.25, 0.3) is 0 Å². The normalized spacial score (nSPS) is 10.6. The van der Waals surface area contributed by atoms with Crippen LogP contribution in [0.3, 0.4) is 0 Å². The van der Waals surface area contributed by atoms with E-state index < -0.39 is 5.97 Å². The van der Waals surface area contributed by atoms with E-state index in [1.54, 1.807) is 16.8 Å². The topological polar surface area (TPSA) is 64.4 Å². The van der Waals surface area contributed by atoms with E-state index in [4.69, 9.17) is 9.84 Å². The maximum absolute atomic E-state index is 11.1. The Bertz CT molecular complexity index is 668. The van der Waals surface area contributed by atoms with E-state index in [0.29, 0.717) is 16.8 Å². The van der Waals surface area contributed by atoms with Gasteiger partial charge in [0.2, 0.25) is 0 Å². The molecule has 1 aromatic carbocycles. The van der Waals surface area contributed by atoms with Gasteiger partial charge in [-0.15, -0.1) is 0 Å². The van der Waals surface area contributed by atoms with Crippen molar-refractivity contribution in [1.29, 1.82) is 0 Å². The van der Waals surface area contributed by atoms with Gasteiger partial charge in [0.15, 0.2) is 0 Å². The third-order valence-corrected chi connectivity index (χ3v) is 4.53. The lowest BCUT2D eigenvalue weighted by atomic mass is 10.2. The van der Waals surface area contributed by atoms with Gasteiger partial charge in [-0.2, -0.15) is 5.10 Å². The number of aryl methyl sites for hydroxylation is 2. The monoisotopic (exact) mass is 402 g/mol. The van der Waals surface area contributed by atoms with Crippen molar-refractivity contribution in [3.05, 3.63) is 44.1 Å². The van der Waals surface area contributed by atoms with E-state index >= 15 is 0 Å². The van der Waals surface area contributed by atoms with Crippen LogP contribution in [0, 0.1) is 6.92 Å². The number of carboxylic acids is 1. The number of carboxylic acid groups (broad SMARTS) is 1. The zero-order valence-corrected chi connectivity index (χ0v) is 14.0. The third kappa shape index (κ3) is 3.04. The van der Waals surface area contributed by atoms with E-state index in [0.717, 1.165) is 15.9 Å². The molecule has 0 aliphatic carbocycles. The number of carbonyl (C=O) groups is 1. The first kappa shape index (κ1) is 15.1. The molecule has 20 heavy (non-hydrogen) atoms. The van der Waals surface area contributed by atoms with E-state index in [1.165, 1.54) is 6.07 Å². The second-order valence-electron chi connectivity index (χ2n) is 4.21. The fraction of sp³-hybridized carbons (Fsp3) is 0.231. The average molecular weight is 404 g/mol. The largest absolute Gasteiger partial charge is 0.487 e. The predicted octanol–water partition coefficient (Wildman–Crippen LogP) is 3.53. The smallest absolute Gasteiger partial charge is 0.336 e. The molecule has 0 amide bonds. The molecule has 7 heteroatoms.